The molecule has 4 aromatic carbocycles. The molecule has 5 nitrogen and oxygen atoms in total. The Bertz CT molecular complexity index is 1390. The lowest BCUT2D eigenvalue weighted by Crippen LogP contribution is -2.23. The van der Waals surface area contributed by atoms with Crippen LogP contribution in [-0.4, -0.2) is 22.1 Å². The van der Waals surface area contributed by atoms with Crippen molar-refractivity contribution >= 4 is 28.3 Å². The Hall–Kier alpha value is -3.96. The van der Waals surface area contributed by atoms with Crippen LogP contribution in [-0.2, 0) is 17.8 Å². The first-order valence-electron chi connectivity index (χ1n) is 12.2. The van der Waals surface area contributed by atoms with Crippen LogP contribution < -0.4 is 5.32 Å². The Morgan fingerprint density at radius 2 is 1.58 bits per heavy atom. The third-order valence-corrected chi connectivity index (χ3v) is 6.47. The van der Waals surface area contributed by atoms with Crippen LogP contribution in [0.4, 0.5) is 5.69 Å². The highest BCUT2D eigenvalue weighted by molar-refractivity contribution is 6.00. The Morgan fingerprint density at radius 3 is 2.33 bits per heavy atom. The summed E-state index contributed by atoms with van der Waals surface area (Å²) in [6, 6.07) is 26.4. The molecule has 1 atom stereocenters. The molecule has 4 aromatic rings. The summed E-state index contributed by atoms with van der Waals surface area (Å²) in [5.74, 6) is -1.18. The molecule has 0 spiro atoms. The lowest BCUT2D eigenvalue weighted by molar-refractivity contribution is -0.117. The standard InChI is InChI=1S/C31H31NO4/c1-20(2)16-28(27-13-7-10-22-8-3-5-11-25(22)27)30(34)32-29-17-21(19-33)14-15-24(29)18-23-9-4-6-12-26(23)31(35)36/h3-15,17,20,28,33H,16,18-19H2,1-2H3,(H,32,34)(H,35,36). The number of carboxylic acid groups (broad SMARTS) is 1. The fourth-order valence-electron chi connectivity index (χ4n) is 4.70. The topological polar surface area (TPSA) is 86.6 Å². The van der Waals surface area contributed by atoms with Crippen molar-refractivity contribution in [2.45, 2.75) is 39.2 Å². The number of carbonyl (C=O) groups excluding carboxylic acids is 1. The van der Waals surface area contributed by atoms with Gasteiger partial charge in [0.15, 0.2) is 0 Å². The van der Waals surface area contributed by atoms with Gasteiger partial charge >= 0.3 is 5.97 Å². The van der Waals surface area contributed by atoms with E-state index in [4.69, 9.17) is 0 Å². The molecule has 0 aliphatic rings. The van der Waals surface area contributed by atoms with Crippen LogP contribution in [0, 0.1) is 5.92 Å². The highest BCUT2D eigenvalue weighted by atomic mass is 16.4. The van der Waals surface area contributed by atoms with E-state index in [9.17, 15) is 19.8 Å². The van der Waals surface area contributed by atoms with Gasteiger partial charge in [0.2, 0.25) is 5.91 Å². The van der Waals surface area contributed by atoms with E-state index in [1.807, 2.05) is 48.5 Å². The molecule has 1 amide bonds. The minimum Gasteiger partial charge on any atom is -0.478 e. The van der Waals surface area contributed by atoms with E-state index >= 15 is 0 Å². The number of fused-ring (bicyclic) bond motifs is 1. The van der Waals surface area contributed by atoms with Crippen molar-refractivity contribution in [1.82, 2.24) is 0 Å². The molecule has 3 N–H and O–H groups in total. The third-order valence-electron chi connectivity index (χ3n) is 6.47. The smallest absolute Gasteiger partial charge is 0.335 e. The maximum atomic E-state index is 13.8. The number of hydrogen-bond donors (Lipinski definition) is 3. The van der Waals surface area contributed by atoms with Gasteiger partial charge < -0.3 is 15.5 Å². The van der Waals surface area contributed by atoms with Gasteiger partial charge in [-0.1, -0.05) is 86.6 Å². The first kappa shape index (κ1) is 25.1. The zero-order valence-corrected chi connectivity index (χ0v) is 20.6. The second kappa shape index (κ2) is 11.2. The van der Waals surface area contributed by atoms with Gasteiger partial charge in [-0.2, -0.15) is 0 Å². The molecule has 0 saturated heterocycles. The Labute approximate surface area is 211 Å². The largest absolute Gasteiger partial charge is 0.478 e. The number of amides is 1. The molecule has 4 rings (SSSR count). The van der Waals surface area contributed by atoms with Gasteiger partial charge in [0.1, 0.15) is 0 Å². The number of anilines is 1. The maximum Gasteiger partial charge on any atom is 0.335 e. The molecule has 36 heavy (non-hydrogen) atoms. The molecule has 1 unspecified atom stereocenters. The van der Waals surface area contributed by atoms with Crippen LogP contribution in [0.25, 0.3) is 10.8 Å². The number of aliphatic hydroxyl groups excluding tert-OH is 1. The summed E-state index contributed by atoms with van der Waals surface area (Å²) < 4.78 is 0. The van der Waals surface area contributed by atoms with Crippen LogP contribution in [0.2, 0.25) is 0 Å². The van der Waals surface area contributed by atoms with Crippen LogP contribution >= 0.6 is 0 Å². The quantitative estimate of drug-likeness (QED) is 0.259. The van der Waals surface area contributed by atoms with Gasteiger partial charge in [0.05, 0.1) is 18.1 Å². The van der Waals surface area contributed by atoms with Gasteiger partial charge in [0.25, 0.3) is 0 Å². The summed E-state index contributed by atoms with van der Waals surface area (Å²) >= 11 is 0. The molecule has 5 heteroatoms. The minimum atomic E-state index is -0.990. The van der Waals surface area contributed by atoms with E-state index in [1.54, 1.807) is 36.4 Å². The van der Waals surface area contributed by atoms with E-state index in [1.165, 1.54) is 0 Å². The minimum absolute atomic E-state index is 0.122. The van der Waals surface area contributed by atoms with E-state index < -0.39 is 5.97 Å². The van der Waals surface area contributed by atoms with Crippen LogP contribution in [0.5, 0.6) is 0 Å². The molecular weight excluding hydrogens is 450 g/mol. The Kier molecular flexibility index (Phi) is 7.81. The van der Waals surface area contributed by atoms with Gasteiger partial charge in [-0.25, -0.2) is 4.79 Å². The van der Waals surface area contributed by atoms with E-state index in [0.29, 0.717) is 35.6 Å². The van der Waals surface area contributed by atoms with Crippen molar-refractivity contribution in [2.24, 2.45) is 5.92 Å². The molecule has 0 fully saturated rings. The molecule has 0 radical (unpaired) electrons. The second-order valence-corrected chi connectivity index (χ2v) is 9.53. The molecule has 184 valence electrons. The van der Waals surface area contributed by atoms with Crippen molar-refractivity contribution in [2.75, 3.05) is 5.32 Å². The predicted molar refractivity (Wildman–Crippen MR) is 143 cm³/mol. The molecule has 0 aliphatic carbocycles. The number of rotatable bonds is 9. The number of carboxylic acids is 1. The van der Waals surface area contributed by atoms with Crippen LogP contribution in [0.1, 0.15) is 58.8 Å². The third kappa shape index (κ3) is 5.64. The number of benzene rings is 4. The van der Waals surface area contributed by atoms with Crippen LogP contribution in [0.3, 0.4) is 0 Å². The van der Waals surface area contributed by atoms with E-state index in [0.717, 1.165) is 21.9 Å². The zero-order valence-electron chi connectivity index (χ0n) is 20.6. The normalized spacial score (nSPS) is 12.0. The Balaban J connectivity index is 1.72. The summed E-state index contributed by atoms with van der Waals surface area (Å²) in [4.78, 5) is 25.5. The summed E-state index contributed by atoms with van der Waals surface area (Å²) in [6.45, 7) is 4.05. The van der Waals surface area contributed by atoms with Crippen molar-refractivity contribution in [3.63, 3.8) is 0 Å². The first-order valence-corrected chi connectivity index (χ1v) is 12.2. The average molecular weight is 482 g/mol. The Morgan fingerprint density at radius 1 is 0.861 bits per heavy atom. The van der Waals surface area contributed by atoms with Gasteiger partial charge in [-0.15, -0.1) is 0 Å². The van der Waals surface area contributed by atoms with Crippen molar-refractivity contribution in [3.05, 3.63) is 113 Å². The number of aliphatic hydroxyl groups is 1. The summed E-state index contributed by atoms with van der Waals surface area (Å²) in [6.07, 6.45) is 1.02. The molecule has 0 heterocycles. The fourth-order valence-corrected chi connectivity index (χ4v) is 4.70. The molecule has 0 aliphatic heterocycles. The number of nitrogens with one attached hydrogen (secondary N) is 1. The number of carbonyl (C=O) groups is 2. The number of aromatic carboxylic acids is 1. The van der Waals surface area contributed by atoms with E-state index in [-0.39, 0.29) is 24.0 Å². The van der Waals surface area contributed by atoms with Gasteiger partial charge in [-0.05, 0) is 57.5 Å². The lowest BCUT2D eigenvalue weighted by Gasteiger charge is -2.22. The monoisotopic (exact) mass is 481 g/mol. The molecular formula is C31H31NO4. The van der Waals surface area contributed by atoms with Crippen LogP contribution in [0.15, 0.2) is 84.9 Å². The molecule has 0 aromatic heterocycles. The number of hydrogen-bond acceptors (Lipinski definition) is 3. The van der Waals surface area contributed by atoms with Crippen molar-refractivity contribution in [1.29, 1.82) is 0 Å². The SMILES string of the molecule is CC(C)CC(C(=O)Nc1cc(CO)ccc1Cc1ccccc1C(=O)O)c1cccc2ccccc12. The summed E-state index contributed by atoms with van der Waals surface area (Å²) in [5.41, 5.74) is 3.91. The first-order chi connectivity index (χ1) is 17.4. The summed E-state index contributed by atoms with van der Waals surface area (Å²) in [7, 11) is 0. The zero-order chi connectivity index (χ0) is 25.7. The molecule has 0 saturated carbocycles. The molecule has 0 bridgehead atoms. The average Bonchev–Trinajstić information content (AvgIpc) is 2.88. The van der Waals surface area contributed by atoms with Crippen molar-refractivity contribution in [3.8, 4) is 0 Å². The highest BCUT2D eigenvalue weighted by Crippen LogP contribution is 2.32. The highest BCUT2D eigenvalue weighted by Gasteiger charge is 2.25. The second-order valence-electron chi connectivity index (χ2n) is 9.53. The fraction of sp³-hybridized carbons (Fsp3) is 0.226. The summed E-state index contributed by atoms with van der Waals surface area (Å²) in [5, 5.41) is 24.6. The van der Waals surface area contributed by atoms with Gasteiger partial charge in [0, 0.05) is 12.1 Å². The van der Waals surface area contributed by atoms with Gasteiger partial charge in [-0.3, -0.25) is 4.79 Å². The maximum absolute atomic E-state index is 13.8. The predicted octanol–water partition coefficient (Wildman–Crippen LogP) is 6.39. The lowest BCUT2D eigenvalue weighted by atomic mass is 9.86. The van der Waals surface area contributed by atoms with E-state index in [2.05, 4.69) is 19.2 Å². The van der Waals surface area contributed by atoms with Crippen molar-refractivity contribution < 1.29 is 19.8 Å².